The molecule has 5 rings (SSSR count). The number of nitrogens with zero attached hydrogens (tertiary/aromatic N) is 5. The molecule has 0 aliphatic carbocycles. The molecule has 0 saturated heterocycles. The Morgan fingerprint density at radius 1 is 0.909 bits per heavy atom. The Morgan fingerprint density at radius 3 is 2.27 bits per heavy atom. The number of hydrogen-bond donors (Lipinski definition) is 1. The zero-order valence-corrected chi connectivity index (χ0v) is 19.3. The van der Waals surface area contributed by atoms with Crippen molar-refractivity contribution in [3.63, 3.8) is 0 Å². The second-order valence-electron chi connectivity index (χ2n) is 8.09. The van der Waals surface area contributed by atoms with E-state index in [9.17, 15) is 0 Å². The first-order chi connectivity index (χ1) is 16.1. The van der Waals surface area contributed by atoms with E-state index < -0.39 is 0 Å². The Morgan fingerprint density at radius 2 is 1.58 bits per heavy atom. The molecule has 1 aromatic heterocycles. The highest BCUT2D eigenvalue weighted by molar-refractivity contribution is 7.80. The molecule has 1 atom stereocenters. The minimum Gasteiger partial charge on any atom is -0.331 e. The molecule has 0 bridgehead atoms. The number of benzene rings is 3. The van der Waals surface area contributed by atoms with Crippen LogP contribution in [-0.2, 0) is 0 Å². The van der Waals surface area contributed by atoms with Gasteiger partial charge in [-0.1, -0.05) is 71.4 Å². The zero-order chi connectivity index (χ0) is 22.8. The van der Waals surface area contributed by atoms with E-state index in [1.165, 1.54) is 5.56 Å². The van der Waals surface area contributed by atoms with Crippen molar-refractivity contribution in [2.24, 2.45) is 5.10 Å². The van der Waals surface area contributed by atoms with Crippen LogP contribution in [0, 0.1) is 13.8 Å². The summed E-state index contributed by atoms with van der Waals surface area (Å²) in [5.41, 5.74) is 6.88. The molecule has 1 aliphatic rings. The van der Waals surface area contributed by atoms with E-state index in [1.807, 2.05) is 65.1 Å². The molecule has 1 unspecified atom stereocenters. The van der Waals surface area contributed by atoms with Gasteiger partial charge < -0.3 is 5.32 Å². The number of anilines is 1. The second kappa shape index (κ2) is 8.96. The maximum Gasteiger partial charge on any atom is 0.194 e. The van der Waals surface area contributed by atoms with Crippen LogP contribution < -0.4 is 5.32 Å². The predicted octanol–water partition coefficient (Wildman–Crippen LogP) is 5.43. The Kier molecular flexibility index (Phi) is 5.71. The fourth-order valence-corrected chi connectivity index (χ4v) is 4.29. The monoisotopic (exact) mass is 452 g/mol. The van der Waals surface area contributed by atoms with Gasteiger partial charge in [0.2, 0.25) is 0 Å². The van der Waals surface area contributed by atoms with Crippen LogP contribution in [0.3, 0.4) is 0 Å². The van der Waals surface area contributed by atoms with Crippen LogP contribution in [0.15, 0.2) is 90.0 Å². The number of nitrogens with one attached hydrogen (secondary N) is 1. The lowest BCUT2D eigenvalue weighted by Crippen LogP contribution is -2.31. The maximum atomic E-state index is 5.77. The van der Waals surface area contributed by atoms with Gasteiger partial charge in [-0.05, 0) is 55.9 Å². The highest BCUT2D eigenvalue weighted by atomic mass is 32.1. The number of hydrogen-bond acceptors (Lipinski definition) is 4. The molecule has 0 amide bonds. The van der Waals surface area contributed by atoms with Gasteiger partial charge in [-0.2, -0.15) is 5.10 Å². The Balaban J connectivity index is 1.48. The molecule has 0 spiro atoms. The molecule has 4 aromatic rings. The number of thiocarbonyl (C=S) groups is 1. The molecule has 0 saturated carbocycles. The van der Waals surface area contributed by atoms with E-state index in [0.717, 1.165) is 34.0 Å². The molecule has 0 radical (unpaired) electrons. The maximum absolute atomic E-state index is 5.77. The summed E-state index contributed by atoms with van der Waals surface area (Å²) in [7, 11) is 0. The summed E-state index contributed by atoms with van der Waals surface area (Å²) in [5, 5.41) is 19.6. The predicted molar refractivity (Wildman–Crippen MR) is 136 cm³/mol. The lowest BCUT2D eigenvalue weighted by molar-refractivity contribution is 0.375. The van der Waals surface area contributed by atoms with Gasteiger partial charge >= 0.3 is 0 Å². The SMILES string of the molecule is Cc1ccc(-n2nnc(C3=NN(C(=S)Nc4ccccc4)C(c4ccccc4)C3)c2C)cc1. The molecule has 0 fully saturated rings. The van der Waals surface area contributed by atoms with Crippen LogP contribution in [0.5, 0.6) is 0 Å². The summed E-state index contributed by atoms with van der Waals surface area (Å²) in [6.45, 7) is 4.10. The minimum absolute atomic E-state index is 0.0196. The zero-order valence-electron chi connectivity index (χ0n) is 18.5. The fraction of sp³-hybridized carbons (Fsp3) is 0.154. The summed E-state index contributed by atoms with van der Waals surface area (Å²) >= 11 is 5.77. The van der Waals surface area contributed by atoms with E-state index in [0.29, 0.717) is 11.5 Å². The highest BCUT2D eigenvalue weighted by Gasteiger charge is 2.33. The number of aromatic nitrogens is 3. The minimum atomic E-state index is -0.0196. The van der Waals surface area contributed by atoms with Crippen molar-refractivity contribution >= 4 is 28.7 Å². The molecular weight excluding hydrogens is 428 g/mol. The second-order valence-corrected chi connectivity index (χ2v) is 8.48. The first-order valence-corrected chi connectivity index (χ1v) is 11.3. The molecule has 1 aliphatic heterocycles. The molecule has 1 N–H and O–H groups in total. The van der Waals surface area contributed by atoms with Crippen LogP contribution >= 0.6 is 12.2 Å². The standard InChI is InChI=1S/C26H24N6S/c1-18-13-15-22(16-14-18)31-19(2)25(28-30-31)23-17-24(20-9-5-3-6-10-20)32(29-23)26(33)27-21-11-7-4-8-12-21/h3-16,24H,17H2,1-2H3,(H,27,33). The van der Waals surface area contributed by atoms with Gasteiger partial charge in [0.25, 0.3) is 0 Å². The van der Waals surface area contributed by atoms with E-state index in [2.05, 4.69) is 59.0 Å². The van der Waals surface area contributed by atoms with Crippen molar-refractivity contribution in [1.29, 1.82) is 0 Å². The Bertz CT molecular complexity index is 1300. The Hall–Kier alpha value is -3.84. The summed E-state index contributed by atoms with van der Waals surface area (Å²) in [5.74, 6) is 0. The first-order valence-electron chi connectivity index (χ1n) is 10.9. The van der Waals surface area contributed by atoms with Gasteiger partial charge in [-0.3, -0.25) is 0 Å². The lowest BCUT2D eigenvalue weighted by atomic mass is 10.0. The number of aryl methyl sites for hydroxylation is 1. The van der Waals surface area contributed by atoms with Crippen LogP contribution in [0.2, 0.25) is 0 Å². The largest absolute Gasteiger partial charge is 0.331 e. The molecule has 7 heteroatoms. The van der Waals surface area contributed by atoms with Crippen LogP contribution in [0.25, 0.3) is 5.69 Å². The van der Waals surface area contributed by atoms with E-state index >= 15 is 0 Å². The van der Waals surface area contributed by atoms with E-state index in [4.69, 9.17) is 17.3 Å². The summed E-state index contributed by atoms with van der Waals surface area (Å²) in [4.78, 5) is 0. The molecule has 33 heavy (non-hydrogen) atoms. The van der Waals surface area contributed by atoms with Gasteiger partial charge in [0.1, 0.15) is 5.69 Å². The van der Waals surface area contributed by atoms with Crippen molar-refractivity contribution in [3.8, 4) is 5.69 Å². The van der Waals surface area contributed by atoms with Crippen molar-refractivity contribution in [1.82, 2.24) is 20.0 Å². The van der Waals surface area contributed by atoms with Gasteiger partial charge in [0.05, 0.1) is 23.1 Å². The van der Waals surface area contributed by atoms with Gasteiger partial charge in [0, 0.05) is 12.1 Å². The third-order valence-corrected chi connectivity index (χ3v) is 6.06. The molecule has 2 heterocycles. The van der Waals surface area contributed by atoms with Crippen LogP contribution in [-0.4, -0.2) is 30.8 Å². The number of rotatable bonds is 4. The van der Waals surface area contributed by atoms with Crippen molar-refractivity contribution < 1.29 is 0 Å². The average molecular weight is 453 g/mol. The highest BCUT2D eigenvalue weighted by Crippen LogP contribution is 2.33. The Labute approximate surface area is 198 Å². The van der Waals surface area contributed by atoms with Crippen molar-refractivity contribution in [3.05, 3.63) is 107 Å². The number of para-hydroxylation sites is 1. The summed E-state index contributed by atoms with van der Waals surface area (Å²) < 4.78 is 1.86. The average Bonchev–Trinajstić information content (AvgIpc) is 3.45. The molecule has 6 nitrogen and oxygen atoms in total. The van der Waals surface area contributed by atoms with Crippen molar-refractivity contribution in [2.75, 3.05) is 5.32 Å². The van der Waals surface area contributed by atoms with Crippen molar-refractivity contribution in [2.45, 2.75) is 26.3 Å². The summed E-state index contributed by atoms with van der Waals surface area (Å²) in [6, 6.07) is 28.5. The normalized spacial score (nSPS) is 15.4. The smallest absolute Gasteiger partial charge is 0.194 e. The number of hydrazone groups is 1. The molecule has 164 valence electrons. The third kappa shape index (κ3) is 4.27. The third-order valence-electron chi connectivity index (χ3n) is 5.77. The van der Waals surface area contributed by atoms with E-state index in [-0.39, 0.29) is 6.04 Å². The first kappa shape index (κ1) is 21.0. The van der Waals surface area contributed by atoms with Gasteiger partial charge in [0.15, 0.2) is 5.11 Å². The lowest BCUT2D eigenvalue weighted by Gasteiger charge is -2.24. The topological polar surface area (TPSA) is 58.3 Å². The fourth-order valence-electron chi connectivity index (χ4n) is 4.00. The molecular formula is C26H24N6S. The summed E-state index contributed by atoms with van der Waals surface area (Å²) in [6.07, 6.45) is 0.689. The van der Waals surface area contributed by atoms with Crippen LogP contribution in [0.1, 0.15) is 35.0 Å². The molecule has 3 aromatic carbocycles. The van der Waals surface area contributed by atoms with Gasteiger partial charge in [-0.25, -0.2) is 9.69 Å². The van der Waals surface area contributed by atoms with Crippen LogP contribution in [0.4, 0.5) is 5.69 Å². The quantitative estimate of drug-likeness (QED) is 0.418. The van der Waals surface area contributed by atoms with E-state index in [1.54, 1.807) is 0 Å². The van der Waals surface area contributed by atoms with Gasteiger partial charge in [-0.15, -0.1) is 5.10 Å².